The third kappa shape index (κ3) is 3.73. The lowest BCUT2D eigenvalue weighted by molar-refractivity contribution is -0.123. The first-order valence-corrected chi connectivity index (χ1v) is 6.62. The SMILES string of the molecule is Nc1nc(N2CCOCC2)sc1C(=O)NCC(F)(F)F. The Bertz CT molecular complexity index is 485. The number of aromatic nitrogens is 1. The van der Waals surface area contributed by atoms with Crippen LogP contribution in [-0.4, -0.2) is 49.9 Å². The molecule has 10 heteroatoms. The number of nitrogens with zero attached hydrogens (tertiary/aromatic N) is 2. The van der Waals surface area contributed by atoms with Gasteiger partial charge in [0.05, 0.1) is 13.2 Å². The van der Waals surface area contributed by atoms with E-state index in [4.69, 9.17) is 10.5 Å². The molecule has 0 bridgehead atoms. The number of alkyl halides is 3. The number of carbonyl (C=O) groups excluding carboxylic acids is 1. The predicted molar refractivity (Wildman–Crippen MR) is 67.9 cm³/mol. The average molecular weight is 310 g/mol. The summed E-state index contributed by atoms with van der Waals surface area (Å²) in [4.78, 5) is 17.5. The molecule has 1 aromatic heterocycles. The summed E-state index contributed by atoms with van der Waals surface area (Å²) in [5, 5.41) is 2.30. The van der Waals surface area contributed by atoms with Crippen molar-refractivity contribution in [3.8, 4) is 0 Å². The summed E-state index contributed by atoms with van der Waals surface area (Å²) in [6.45, 7) is 0.896. The van der Waals surface area contributed by atoms with Gasteiger partial charge in [0.15, 0.2) is 5.13 Å². The number of hydrogen-bond acceptors (Lipinski definition) is 6. The van der Waals surface area contributed by atoms with Gasteiger partial charge in [-0.2, -0.15) is 13.2 Å². The molecular weight excluding hydrogens is 297 g/mol. The number of carbonyl (C=O) groups is 1. The fraction of sp³-hybridized carbons (Fsp3) is 0.600. The quantitative estimate of drug-likeness (QED) is 0.865. The van der Waals surface area contributed by atoms with Crippen molar-refractivity contribution in [3.05, 3.63) is 4.88 Å². The van der Waals surface area contributed by atoms with E-state index in [1.807, 2.05) is 4.90 Å². The summed E-state index contributed by atoms with van der Waals surface area (Å²) < 4.78 is 41.3. The molecule has 3 N–H and O–H groups in total. The molecule has 2 heterocycles. The van der Waals surface area contributed by atoms with Crippen LogP contribution in [0.1, 0.15) is 9.67 Å². The van der Waals surface area contributed by atoms with Gasteiger partial charge in [0, 0.05) is 13.1 Å². The molecule has 0 atom stereocenters. The summed E-state index contributed by atoms with van der Waals surface area (Å²) in [5.41, 5.74) is 5.59. The van der Waals surface area contributed by atoms with Gasteiger partial charge in [-0.3, -0.25) is 4.79 Å². The van der Waals surface area contributed by atoms with E-state index < -0.39 is 18.6 Å². The maximum absolute atomic E-state index is 12.0. The highest BCUT2D eigenvalue weighted by molar-refractivity contribution is 7.18. The molecule has 112 valence electrons. The number of hydrogen-bond donors (Lipinski definition) is 2. The molecule has 2 rings (SSSR count). The zero-order valence-electron chi connectivity index (χ0n) is 10.4. The second-order valence-electron chi connectivity index (χ2n) is 4.11. The number of nitrogen functional groups attached to an aromatic ring is 1. The van der Waals surface area contributed by atoms with E-state index in [1.165, 1.54) is 0 Å². The molecule has 6 nitrogen and oxygen atoms in total. The van der Waals surface area contributed by atoms with E-state index in [1.54, 1.807) is 5.32 Å². The molecule has 1 aromatic rings. The van der Waals surface area contributed by atoms with Gasteiger partial charge in [0.25, 0.3) is 5.91 Å². The molecule has 0 saturated carbocycles. The Morgan fingerprint density at radius 1 is 1.45 bits per heavy atom. The van der Waals surface area contributed by atoms with Crippen LogP contribution >= 0.6 is 11.3 Å². The van der Waals surface area contributed by atoms with Crippen molar-refractivity contribution in [2.45, 2.75) is 6.18 Å². The number of amides is 1. The lowest BCUT2D eigenvalue weighted by Gasteiger charge is -2.25. The normalized spacial score (nSPS) is 16.2. The Kier molecular flexibility index (Phi) is 4.33. The van der Waals surface area contributed by atoms with Crippen molar-refractivity contribution in [2.24, 2.45) is 0 Å². The van der Waals surface area contributed by atoms with Gasteiger partial charge in [-0.05, 0) is 0 Å². The van der Waals surface area contributed by atoms with Crippen molar-refractivity contribution >= 4 is 28.2 Å². The number of rotatable bonds is 3. The van der Waals surface area contributed by atoms with E-state index >= 15 is 0 Å². The minimum atomic E-state index is -4.46. The number of nitrogens with two attached hydrogens (primary N) is 1. The number of ether oxygens (including phenoxy) is 1. The molecule has 1 aliphatic rings. The monoisotopic (exact) mass is 310 g/mol. The second-order valence-corrected chi connectivity index (χ2v) is 5.09. The number of thiazole rings is 1. The molecule has 1 aliphatic heterocycles. The van der Waals surface area contributed by atoms with Crippen LogP contribution < -0.4 is 16.0 Å². The third-order valence-corrected chi connectivity index (χ3v) is 3.71. The molecule has 1 saturated heterocycles. The lowest BCUT2D eigenvalue weighted by atomic mass is 10.4. The molecule has 20 heavy (non-hydrogen) atoms. The molecule has 1 fully saturated rings. The Balaban J connectivity index is 2.04. The van der Waals surface area contributed by atoms with Gasteiger partial charge in [-0.25, -0.2) is 4.98 Å². The van der Waals surface area contributed by atoms with Crippen LogP contribution in [0.4, 0.5) is 24.1 Å². The van der Waals surface area contributed by atoms with Crippen LogP contribution in [0.25, 0.3) is 0 Å². The van der Waals surface area contributed by atoms with E-state index in [9.17, 15) is 18.0 Å². The standard InChI is InChI=1S/C10H13F3N4O2S/c11-10(12,13)5-15-8(18)6-7(14)16-9(20-6)17-1-3-19-4-2-17/h1-5,14H2,(H,15,18). The molecular formula is C10H13F3N4O2S. The summed E-state index contributed by atoms with van der Waals surface area (Å²) in [6, 6.07) is 0. The fourth-order valence-corrected chi connectivity index (χ4v) is 2.59. The van der Waals surface area contributed by atoms with Crippen LogP contribution in [0.5, 0.6) is 0 Å². The van der Waals surface area contributed by atoms with Crippen molar-refractivity contribution in [3.63, 3.8) is 0 Å². The van der Waals surface area contributed by atoms with Crippen LogP contribution in [0.2, 0.25) is 0 Å². The molecule has 0 aliphatic carbocycles. The summed E-state index contributed by atoms with van der Waals surface area (Å²) >= 11 is 0.980. The maximum Gasteiger partial charge on any atom is 0.405 e. The van der Waals surface area contributed by atoms with Crippen LogP contribution in [0.3, 0.4) is 0 Å². The molecule has 0 unspecified atom stereocenters. The Labute approximate surface area is 116 Å². The van der Waals surface area contributed by atoms with Crippen LogP contribution in [0.15, 0.2) is 0 Å². The van der Waals surface area contributed by atoms with E-state index in [0.29, 0.717) is 31.4 Å². The zero-order valence-corrected chi connectivity index (χ0v) is 11.2. The van der Waals surface area contributed by atoms with Gasteiger partial charge < -0.3 is 20.7 Å². The number of anilines is 2. The Hall–Kier alpha value is -1.55. The molecule has 0 spiro atoms. The smallest absolute Gasteiger partial charge is 0.382 e. The zero-order chi connectivity index (χ0) is 14.8. The highest BCUT2D eigenvalue weighted by Crippen LogP contribution is 2.28. The summed E-state index contributed by atoms with van der Waals surface area (Å²) in [7, 11) is 0. The number of halogens is 3. The minimum absolute atomic E-state index is 0.00394. The van der Waals surface area contributed by atoms with Crippen molar-refractivity contribution in [2.75, 3.05) is 43.5 Å². The first-order valence-electron chi connectivity index (χ1n) is 5.81. The Morgan fingerprint density at radius 2 is 2.10 bits per heavy atom. The molecule has 1 amide bonds. The predicted octanol–water partition coefficient (Wildman–Crippen LogP) is 0.854. The van der Waals surface area contributed by atoms with Gasteiger partial charge in [-0.15, -0.1) is 0 Å². The summed E-state index contributed by atoms with van der Waals surface area (Å²) in [6.07, 6.45) is -4.46. The van der Waals surface area contributed by atoms with Gasteiger partial charge in [0.2, 0.25) is 0 Å². The van der Waals surface area contributed by atoms with Gasteiger partial charge in [0.1, 0.15) is 17.2 Å². The highest BCUT2D eigenvalue weighted by atomic mass is 32.1. The molecule has 0 radical (unpaired) electrons. The Morgan fingerprint density at radius 3 is 2.70 bits per heavy atom. The highest BCUT2D eigenvalue weighted by Gasteiger charge is 2.29. The third-order valence-electron chi connectivity index (χ3n) is 2.58. The van der Waals surface area contributed by atoms with Crippen LogP contribution in [0, 0.1) is 0 Å². The first kappa shape index (κ1) is 14.9. The maximum atomic E-state index is 12.0. The largest absolute Gasteiger partial charge is 0.405 e. The minimum Gasteiger partial charge on any atom is -0.382 e. The number of nitrogens with one attached hydrogen (secondary N) is 1. The topological polar surface area (TPSA) is 80.5 Å². The van der Waals surface area contributed by atoms with E-state index in [-0.39, 0.29) is 10.7 Å². The van der Waals surface area contributed by atoms with E-state index in [2.05, 4.69) is 4.98 Å². The number of morpholine rings is 1. The first-order chi connectivity index (χ1) is 9.37. The molecule has 0 aromatic carbocycles. The van der Waals surface area contributed by atoms with Crippen molar-refractivity contribution < 1.29 is 22.7 Å². The van der Waals surface area contributed by atoms with E-state index in [0.717, 1.165) is 11.3 Å². The van der Waals surface area contributed by atoms with Gasteiger partial charge >= 0.3 is 6.18 Å². The summed E-state index contributed by atoms with van der Waals surface area (Å²) in [5.74, 6) is -0.923. The fourth-order valence-electron chi connectivity index (χ4n) is 1.63. The van der Waals surface area contributed by atoms with Crippen molar-refractivity contribution in [1.82, 2.24) is 10.3 Å². The average Bonchev–Trinajstić information content (AvgIpc) is 2.78. The lowest BCUT2D eigenvalue weighted by Crippen LogP contribution is -2.36. The second kappa shape index (κ2) is 5.83. The van der Waals surface area contributed by atoms with Crippen molar-refractivity contribution in [1.29, 1.82) is 0 Å². The van der Waals surface area contributed by atoms with Gasteiger partial charge in [-0.1, -0.05) is 11.3 Å². The van der Waals surface area contributed by atoms with Crippen LogP contribution in [-0.2, 0) is 4.74 Å².